The topological polar surface area (TPSA) is 39.9 Å². The molecule has 0 aliphatic carbocycles. The lowest BCUT2D eigenvalue weighted by Gasteiger charge is -2.04. The molecular weight excluding hydrogens is 226 g/mol. The fourth-order valence-corrected chi connectivity index (χ4v) is 2.03. The van der Waals surface area contributed by atoms with Gasteiger partial charge in [0, 0.05) is 0 Å². The average Bonchev–Trinajstić information content (AvgIpc) is 2.71. The van der Waals surface area contributed by atoms with Crippen LogP contribution in [-0.2, 0) is 17.9 Å². The third-order valence-corrected chi connectivity index (χ3v) is 3.04. The second kappa shape index (κ2) is 4.74. The van der Waals surface area contributed by atoms with Crippen molar-refractivity contribution in [3.05, 3.63) is 52.9 Å². The van der Waals surface area contributed by atoms with Crippen LogP contribution < -0.4 is 0 Å². The van der Waals surface area contributed by atoms with Gasteiger partial charge in [-0.3, -0.25) is 0 Å². The van der Waals surface area contributed by atoms with Gasteiger partial charge < -0.3 is 4.74 Å². The standard InChI is InChI=1S/C14H15N3O/c1-11-2-4-12(5-3-11)6-13-8-17-14(7-15-16-17)10-18-9-13/h2-7H,8-10H2,1H3/b13-6+. The number of benzene rings is 1. The van der Waals surface area contributed by atoms with Crippen LogP contribution >= 0.6 is 0 Å². The summed E-state index contributed by atoms with van der Waals surface area (Å²) >= 11 is 0. The van der Waals surface area contributed by atoms with Crippen molar-refractivity contribution < 1.29 is 4.74 Å². The van der Waals surface area contributed by atoms with E-state index in [2.05, 4.69) is 47.6 Å². The molecule has 0 bridgehead atoms. The van der Waals surface area contributed by atoms with E-state index in [1.54, 1.807) is 6.20 Å². The predicted octanol–water partition coefficient (Wildman–Crippen LogP) is 2.20. The van der Waals surface area contributed by atoms with Gasteiger partial charge in [0.25, 0.3) is 0 Å². The van der Waals surface area contributed by atoms with Crippen molar-refractivity contribution in [1.29, 1.82) is 0 Å². The number of hydrogen-bond acceptors (Lipinski definition) is 3. The molecule has 0 fully saturated rings. The van der Waals surface area contributed by atoms with E-state index in [-0.39, 0.29) is 0 Å². The summed E-state index contributed by atoms with van der Waals surface area (Å²) in [6.45, 7) is 4.08. The van der Waals surface area contributed by atoms with Crippen LogP contribution in [0, 0.1) is 6.92 Å². The summed E-state index contributed by atoms with van der Waals surface area (Å²) in [6.07, 6.45) is 3.92. The number of ether oxygens (including phenoxy) is 1. The quantitative estimate of drug-likeness (QED) is 0.768. The summed E-state index contributed by atoms with van der Waals surface area (Å²) in [7, 11) is 0. The van der Waals surface area contributed by atoms with Gasteiger partial charge in [0.15, 0.2) is 0 Å². The molecule has 0 unspecified atom stereocenters. The van der Waals surface area contributed by atoms with Crippen molar-refractivity contribution in [1.82, 2.24) is 15.0 Å². The molecule has 3 rings (SSSR count). The van der Waals surface area contributed by atoms with Gasteiger partial charge in [-0.25, -0.2) is 4.68 Å². The first-order valence-corrected chi connectivity index (χ1v) is 6.02. The highest BCUT2D eigenvalue weighted by Gasteiger charge is 2.11. The summed E-state index contributed by atoms with van der Waals surface area (Å²) in [5.74, 6) is 0. The van der Waals surface area contributed by atoms with Crippen molar-refractivity contribution in [2.75, 3.05) is 6.61 Å². The van der Waals surface area contributed by atoms with Crippen molar-refractivity contribution >= 4 is 6.08 Å². The molecule has 18 heavy (non-hydrogen) atoms. The molecule has 92 valence electrons. The Morgan fingerprint density at radius 1 is 1.22 bits per heavy atom. The highest BCUT2D eigenvalue weighted by atomic mass is 16.5. The smallest absolute Gasteiger partial charge is 0.0905 e. The first-order chi connectivity index (χ1) is 8.81. The van der Waals surface area contributed by atoms with Crippen LogP contribution in [0.2, 0.25) is 0 Å². The molecule has 4 heteroatoms. The Labute approximate surface area is 106 Å². The lowest BCUT2D eigenvalue weighted by Crippen LogP contribution is -2.04. The monoisotopic (exact) mass is 241 g/mol. The minimum atomic E-state index is 0.582. The van der Waals surface area contributed by atoms with Crippen LogP contribution in [0.1, 0.15) is 16.8 Å². The third kappa shape index (κ3) is 2.33. The summed E-state index contributed by atoms with van der Waals surface area (Å²) in [5.41, 5.74) is 4.71. The molecule has 2 heterocycles. The molecule has 1 aromatic heterocycles. The van der Waals surface area contributed by atoms with Crippen LogP contribution in [0.4, 0.5) is 0 Å². The molecule has 0 radical (unpaired) electrons. The van der Waals surface area contributed by atoms with E-state index in [0.717, 1.165) is 12.2 Å². The Balaban J connectivity index is 1.86. The maximum absolute atomic E-state index is 5.62. The summed E-state index contributed by atoms with van der Waals surface area (Å²) in [6, 6.07) is 8.47. The molecular formula is C14H15N3O. The molecule has 4 nitrogen and oxygen atoms in total. The summed E-state index contributed by atoms with van der Waals surface area (Å²) < 4.78 is 7.51. The summed E-state index contributed by atoms with van der Waals surface area (Å²) in [4.78, 5) is 0. The van der Waals surface area contributed by atoms with Crippen molar-refractivity contribution in [3.63, 3.8) is 0 Å². The minimum absolute atomic E-state index is 0.582. The van der Waals surface area contributed by atoms with Gasteiger partial charge in [-0.15, -0.1) is 5.10 Å². The van der Waals surface area contributed by atoms with Crippen LogP contribution in [0.3, 0.4) is 0 Å². The Morgan fingerprint density at radius 3 is 2.89 bits per heavy atom. The molecule has 0 amide bonds. The number of aromatic nitrogens is 3. The molecule has 2 aromatic rings. The van der Waals surface area contributed by atoms with Crippen LogP contribution in [0.25, 0.3) is 6.08 Å². The fourth-order valence-electron chi connectivity index (χ4n) is 2.03. The van der Waals surface area contributed by atoms with E-state index < -0.39 is 0 Å². The van der Waals surface area contributed by atoms with E-state index >= 15 is 0 Å². The number of hydrogen-bond donors (Lipinski definition) is 0. The van der Waals surface area contributed by atoms with E-state index in [4.69, 9.17) is 4.74 Å². The van der Waals surface area contributed by atoms with Gasteiger partial charge in [0.2, 0.25) is 0 Å². The van der Waals surface area contributed by atoms with E-state index in [0.29, 0.717) is 13.2 Å². The van der Waals surface area contributed by atoms with Gasteiger partial charge in [-0.1, -0.05) is 41.1 Å². The number of rotatable bonds is 1. The first-order valence-electron chi connectivity index (χ1n) is 6.02. The Morgan fingerprint density at radius 2 is 2.06 bits per heavy atom. The van der Waals surface area contributed by atoms with Crippen molar-refractivity contribution in [3.8, 4) is 0 Å². The Bertz CT molecular complexity index is 569. The zero-order chi connectivity index (χ0) is 12.4. The van der Waals surface area contributed by atoms with Crippen LogP contribution in [0.5, 0.6) is 0 Å². The lowest BCUT2D eigenvalue weighted by atomic mass is 10.1. The van der Waals surface area contributed by atoms with E-state index in [1.807, 2.05) is 4.68 Å². The molecule has 1 aliphatic rings. The first kappa shape index (κ1) is 11.2. The number of aryl methyl sites for hydroxylation is 1. The lowest BCUT2D eigenvalue weighted by molar-refractivity contribution is 0.145. The molecule has 1 aromatic carbocycles. The Kier molecular flexibility index (Phi) is 2.94. The zero-order valence-corrected chi connectivity index (χ0v) is 10.3. The Hall–Kier alpha value is -1.94. The third-order valence-electron chi connectivity index (χ3n) is 3.04. The molecule has 0 atom stereocenters. The van der Waals surface area contributed by atoms with Crippen molar-refractivity contribution in [2.24, 2.45) is 0 Å². The van der Waals surface area contributed by atoms with Crippen molar-refractivity contribution in [2.45, 2.75) is 20.1 Å². The van der Waals surface area contributed by atoms with Gasteiger partial charge in [0.1, 0.15) is 0 Å². The zero-order valence-electron chi connectivity index (χ0n) is 10.3. The fraction of sp³-hybridized carbons (Fsp3) is 0.286. The average molecular weight is 241 g/mol. The SMILES string of the molecule is Cc1ccc(/C=C2/COCc3cnnn3C2)cc1. The molecule has 0 saturated carbocycles. The van der Waals surface area contributed by atoms with Gasteiger partial charge >= 0.3 is 0 Å². The van der Waals surface area contributed by atoms with Gasteiger partial charge in [-0.2, -0.15) is 0 Å². The molecule has 0 saturated heterocycles. The highest BCUT2D eigenvalue weighted by molar-refractivity contribution is 5.53. The second-order valence-electron chi connectivity index (χ2n) is 4.59. The maximum Gasteiger partial charge on any atom is 0.0905 e. The van der Waals surface area contributed by atoms with Crippen LogP contribution in [0.15, 0.2) is 36.0 Å². The maximum atomic E-state index is 5.62. The predicted molar refractivity (Wildman–Crippen MR) is 68.8 cm³/mol. The minimum Gasteiger partial charge on any atom is -0.371 e. The number of nitrogens with zero attached hydrogens (tertiary/aromatic N) is 3. The van der Waals surface area contributed by atoms with Crippen LogP contribution in [-0.4, -0.2) is 21.6 Å². The molecule has 0 N–H and O–H groups in total. The second-order valence-corrected chi connectivity index (χ2v) is 4.59. The van der Waals surface area contributed by atoms with E-state index in [1.165, 1.54) is 16.7 Å². The van der Waals surface area contributed by atoms with Gasteiger partial charge in [-0.05, 0) is 18.1 Å². The van der Waals surface area contributed by atoms with Gasteiger partial charge in [0.05, 0.1) is 31.6 Å². The normalized spacial score (nSPS) is 17.5. The summed E-state index contributed by atoms with van der Waals surface area (Å²) in [5, 5.41) is 7.97. The highest BCUT2D eigenvalue weighted by Crippen LogP contribution is 2.15. The number of fused-ring (bicyclic) bond motifs is 1. The largest absolute Gasteiger partial charge is 0.371 e. The molecule has 1 aliphatic heterocycles. The molecule has 0 spiro atoms. The van der Waals surface area contributed by atoms with E-state index in [9.17, 15) is 0 Å².